The average Bonchev–Trinajstić information content (AvgIpc) is 2.97. The fourth-order valence-electron chi connectivity index (χ4n) is 3.52. The smallest absolute Gasteiger partial charge is 0.00161 e. The average molecular weight is 282 g/mol. The van der Waals surface area contributed by atoms with Gasteiger partial charge in [0.2, 0.25) is 0 Å². The molecule has 0 aliphatic carbocycles. The summed E-state index contributed by atoms with van der Waals surface area (Å²) in [6.45, 7) is 8.76. The van der Waals surface area contributed by atoms with Crippen LogP contribution >= 0.6 is 0 Å². The zero-order valence-electron chi connectivity index (χ0n) is 14.3. The first-order valence-electron chi connectivity index (χ1n) is 9.59. The molecule has 1 fully saturated rings. The van der Waals surface area contributed by atoms with Crippen LogP contribution in [0.3, 0.4) is 0 Å². The van der Waals surface area contributed by atoms with Gasteiger partial charge >= 0.3 is 0 Å². The number of hydrogen-bond donors (Lipinski definition) is 0. The number of unbranched alkanes of at least 4 members (excludes halogenated alkanes) is 6. The Labute approximate surface area is 128 Å². The predicted octanol–water partition coefficient (Wildman–Crippen LogP) is 6.03. The fourth-order valence-corrected chi connectivity index (χ4v) is 3.52. The van der Waals surface area contributed by atoms with E-state index in [0.717, 1.165) is 5.92 Å². The number of rotatable bonds is 13. The first kappa shape index (κ1) is 18.0. The summed E-state index contributed by atoms with van der Waals surface area (Å²) in [6, 6.07) is 0. The minimum absolute atomic E-state index is 1.02. The summed E-state index contributed by atoms with van der Waals surface area (Å²) in [7, 11) is 0. The first-order chi connectivity index (χ1) is 9.86. The Bertz CT molecular complexity index is 196. The second kappa shape index (κ2) is 12.7. The van der Waals surface area contributed by atoms with Crippen LogP contribution in [-0.4, -0.2) is 24.5 Å². The van der Waals surface area contributed by atoms with Gasteiger partial charge < -0.3 is 4.90 Å². The monoisotopic (exact) mass is 281 g/mol. The second-order valence-electron chi connectivity index (χ2n) is 6.90. The summed E-state index contributed by atoms with van der Waals surface area (Å²) in [5.41, 5.74) is 0. The van der Waals surface area contributed by atoms with Crippen LogP contribution in [0.5, 0.6) is 0 Å². The van der Waals surface area contributed by atoms with Crippen molar-refractivity contribution in [1.29, 1.82) is 0 Å². The van der Waals surface area contributed by atoms with E-state index in [9.17, 15) is 0 Å². The van der Waals surface area contributed by atoms with E-state index in [1.807, 2.05) is 0 Å². The fraction of sp³-hybridized carbons (Fsp3) is 1.00. The van der Waals surface area contributed by atoms with Crippen molar-refractivity contribution in [2.24, 2.45) is 5.92 Å². The summed E-state index contributed by atoms with van der Waals surface area (Å²) >= 11 is 0. The van der Waals surface area contributed by atoms with Crippen molar-refractivity contribution in [2.45, 2.75) is 97.3 Å². The van der Waals surface area contributed by atoms with E-state index in [1.165, 1.54) is 103 Å². The van der Waals surface area contributed by atoms with Crippen LogP contribution in [0.1, 0.15) is 97.3 Å². The molecule has 1 saturated heterocycles. The first-order valence-corrected chi connectivity index (χ1v) is 9.59. The van der Waals surface area contributed by atoms with Crippen LogP contribution in [0.15, 0.2) is 0 Å². The highest BCUT2D eigenvalue weighted by Gasteiger charge is 2.14. The lowest BCUT2D eigenvalue weighted by molar-refractivity contribution is 0.281. The molecule has 20 heavy (non-hydrogen) atoms. The number of nitrogens with zero attached hydrogens (tertiary/aromatic N) is 1. The molecule has 1 heterocycles. The van der Waals surface area contributed by atoms with Gasteiger partial charge in [-0.3, -0.25) is 0 Å². The highest BCUT2D eigenvalue weighted by Crippen LogP contribution is 2.22. The Kier molecular flexibility index (Phi) is 11.4. The van der Waals surface area contributed by atoms with Crippen LogP contribution in [0.4, 0.5) is 0 Å². The molecule has 1 heteroatoms. The minimum Gasteiger partial charge on any atom is -0.303 e. The zero-order chi connectivity index (χ0) is 14.5. The molecule has 1 aliphatic heterocycles. The molecule has 1 nitrogen and oxygen atoms in total. The van der Waals surface area contributed by atoms with Gasteiger partial charge in [0.1, 0.15) is 0 Å². The summed E-state index contributed by atoms with van der Waals surface area (Å²) < 4.78 is 0. The molecule has 0 aromatic carbocycles. The summed E-state index contributed by atoms with van der Waals surface area (Å²) in [5, 5.41) is 0. The molecule has 0 N–H and O–H groups in total. The van der Waals surface area contributed by atoms with Crippen molar-refractivity contribution in [2.75, 3.05) is 19.6 Å². The molecule has 0 amide bonds. The van der Waals surface area contributed by atoms with E-state index < -0.39 is 0 Å². The molecule has 0 spiro atoms. The van der Waals surface area contributed by atoms with Crippen LogP contribution < -0.4 is 0 Å². The molecule has 1 rings (SSSR count). The third-order valence-electron chi connectivity index (χ3n) is 4.98. The Balaban J connectivity index is 2.12. The topological polar surface area (TPSA) is 3.24 Å². The van der Waals surface area contributed by atoms with Gasteiger partial charge in [-0.25, -0.2) is 0 Å². The molecule has 1 unspecified atom stereocenters. The lowest BCUT2D eigenvalue weighted by Gasteiger charge is -2.21. The van der Waals surface area contributed by atoms with E-state index in [4.69, 9.17) is 0 Å². The van der Waals surface area contributed by atoms with Gasteiger partial charge in [-0.05, 0) is 44.8 Å². The molecular formula is C19H39N. The molecular weight excluding hydrogens is 242 g/mol. The third-order valence-corrected chi connectivity index (χ3v) is 4.98. The second-order valence-corrected chi connectivity index (χ2v) is 6.90. The normalized spacial score (nSPS) is 17.7. The summed E-state index contributed by atoms with van der Waals surface area (Å²) in [5.74, 6) is 1.02. The Morgan fingerprint density at radius 1 is 0.700 bits per heavy atom. The van der Waals surface area contributed by atoms with Gasteiger partial charge in [-0.1, -0.05) is 78.1 Å². The zero-order valence-corrected chi connectivity index (χ0v) is 14.3. The van der Waals surface area contributed by atoms with Crippen molar-refractivity contribution in [3.05, 3.63) is 0 Å². The summed E-state index contributed by atoms with van der Waals surface area (Å²) in [4.78, 5) is 2.70. The van der Waals surface area contributed by atoms with E-state index >= 15 is 0 Å². The van der Waals surface area contributed by atoms with Crippen molar-refractivity contribution in [3.63, 3.8) is 0 Å². The molecule has 0 bridgehead atoms. The SMILES string of the molecule is CCCCCCCC(CCCCC)CCN1CCCC1. The maximum absolute atomic E-state index is 2.70. The molecule has 0 aromatic rings. The van der Waals surface area contributed by atoms with Crippen molar-refractivity contribution >= 4 is 0 Å². The molecule has 1 atom stereocenters. The number of hydrogen-bond acceptors (Lipinski definition) is 1. The van der Waals surface area contributed by atoms with E-state index in [0.29, 0.717) is 0 Å². The van der Waals surface area contributed by atoms with Gasteiger partial charge in [0, 0.05) is 0 Å². The van der Waals surface area contributed by atoms with E-state index in [2.05, 4.69) is 18.7 Å². The molecule has 0 radical (unpaired) electrons. The maximum Gasteiger partial charge on any atom is -0.00161 e. The van der Waals surface area contributed by atoms with E-state index in [-0.39, 0.29) is 0 Å². The third kappa shape index (κ3) is 9.00. The van der Waals surface area contributed by atoms with Crippen LogP contribution in [0.2, 0.25) is 0 Å². The van der Waals surface area contributed by atoms with Crippen LogP contribution in [0, 0.1) is 5.92 Å². The van der Waals surface area contributed by atoms with Crippen molar-refractivity contribution in [3.8, 4) is 0 Å². The van der Waals surface area contributed by atoms with E-state index in [1.54, 1.807) is 0 Å². The lowest BCUT2D eigenvalue weighted by Crippen LogP contribution is -2.22. The van der Waals surface area contributed by atoms with Gasteiger partial charge in [0.05, 0.1) is 0 Å². The molecule has 0 aromatic heterocycles. The lowest BCUT2D eigenvalue weighted by atomic mass is 9.91. The highest BCUT2D eigenvalue weighted by atomic mass is 15.1. The molecule has 1 aliphatic rings. The van der Waals surface area contributed by atoms with Gasteiger partial charge in [0.15, 0.2) is 0 Å². The van der Waals surface area contributed by atoms with Crippen molar-refractivity contribution in [1.82, 2.24) is 4.90 Å². The van der Waals surface area contributed by atoms with Gasteiger partial charge in [0.25, 0.3) is 0 Å². The van der Waals surface area contributed by atoms with Gasteiger partial charge in [-0.15, -0.1) is 0 Å². The predicted molar refractivity (Wildman–Crippen MR) is 91.3 cm³/mol. The maximum atomic E-state index is 2.70. The largest absolute Gasteiger partial charge is 0.303 e. The Hall–Kier alpha value is -0.0400. The van der Waals surface area contributed by atoms with Gasteiger partial charge in [-0.2, -0.15) is 0 Å². The van der Waals surface area contributed by atoms with Crippen LogP contribution in [0.25, 0.3) is 0 Å². The standard InChI is InChI=1S/C19H39N/c1-3-5-7-8-10-14-19(13-9-6-4-2)15-18-20-16-11-12-17-20/h19H,3-18H2,1-2H3. The Morgan fingerprint density at radius 3 is 1.90 bits per heavy atom. The molecule has 0 saturated carbocycles. The quantitative estimate of drug-likeness (QED) is 0.373. The molecule has 120 valence electrons. The Morgan fingerprint density at radius 2 is 1.25 bits per heavy atom. The van der Waals surface area contributed by atoms with Crippen molar-refractivity contribution < 1.29 is 0 Å². The summed E-state index contributed by atoms with van der Waals surface area (Å²) in [6.07, 6.45) is 18.9. The highest BCUT2D eigenvalue weighted by molar-refractivity contribution is 4.69. The number of likely N-dealkylation sites (tertiary alicyclic amines) is 1. The minimum atomic E-state index is 1.02. The van der Waals surface area contributed by atoms with Crippen LogP contribution in [-0.2, 0) is 0 Å².